The Labute approximate surface area is 147 Å². The molecule has 0 unspecified atom stereocenters. The van der Waals surface area contributed by atoms with Crippen molar-refractivity contribution in [2.75, 3.05) is 25.5 Å². The molecule has 0 fully saturated rings. The van der Waals surface area contributed by atoms with Crippen molar-refractivity contribution in [1.29, 1.82) is 0 Å². The van der Waals surface area contributed by atoms with Gasteiger partial charge in [-0.05, 0) is 31.3 Å². The van der Waals surface area contributed by atoms with E-state index in [1.165, 1.54) is 0 Å². The number of nitrogens with zero attached hydrogens (tertiary/aromatic N) is 1. The van der Waals surface area contributed by atoms with Crippen LogP contribution >= 0.6 is 0 Å². The highest BCUT2D eigenvalue weighted by molar-refractivity contribution is 5.92. The largest absolute Gasteiger partial charge is 0.481 e. The summed E-state index contributed by atoms with van der Waals surface area (Å²) < 4.78 is 5.81. The van der Waals surface area contributed by atoms with Crippen LogP contribution in [-0.2, 0) is 9.59 Å². The van der Waals surface area contributed by atoms with Gasteiger partial charge in [-0.1, -0.05) is 30.3 Å². The van der Waals surface area contributed by atoms with Crippen molar-refractivity contribution >= 4 is 17.6 Å². The Morgan fingerprint density at radius 1 is 1.00 bits per heavy atom. The molecule has 0 heterocycles. The normalized spacial score (nSPS) is 10.5. The van der Waals surface area contributed by atoms with E-state index in [4.69, 9.17) is 9.84 Å². The average molecular weight is 342 g/mol. The van der Waals surface area contributed by atoms with Crippen LogP contribution in [0, 0.1) is 0 Å². The van der Waals surface area contributed by atoms with Crippen molar-refractivity contribution < 1.29 is 19.4 Å². The van der Waals surface area contributed by atoms with Gasteiger partial charge in [0.15, 0.2) is 5.75 Å². The molecule has 0 aliphatic heterocycles. The molecular weight excluding hydrogens is 320 g/mol. The summed E-state index contributed by atoms with van der Waals surface area (Å²) in [6.07, 6.45) is 0.335. The second-order valence-electron chi connectivity index (χ2n) is 5.66. The minimum atomic E-state index is -0.844. The van der Waals surface area contributed by atoms with Gasteiger partial charge in [-0.3, -0.25) is 9.59 Å². The number of para-hydroxylation sites is 3. The maximum atomic E-state index is 12.2. The fourth-order valence-corrected chi connectivity index (χ4v) is 2.18. The zero-order chi connectivity index (χ0) is 18.1. The van der Waals surface area contributed by atoms with Gasteiger partial charge in [-0.2, -0.15) is 0 Å². The number of rotatable bonds is 9. The van der Waals surface area contributed by atoms with Crippen molar-refractivity contribution in [3.05, 3.63) is 54.6 Å². The Morgan fingerprint density at radius 3 is 2.36 bits per heavy atom. The van der Waals surface area contributed by atoms with E-state index in [0.29, 0.717) is 30.3 Å². The Bertz CT molecular complexity index is 704. The molecule has 25 heavy (non-hydrogen) atoms. The van der Waals surface area contributed by atoms with E-state index in [1.807, 2.05) is 47.4 Å². The minimum Gasteiger partial charge on any atom is -0.481 e. The highest BCUT2D eigenvalue weighted by Gasteiger charge is 2.10. The third-order valence-electron chi connectivity index (χ3n) is 3.56. The summed E-state index contributed by atoms with van der Waals surface area (Å²) in [7, 11) is 1.79. The van der Waals surface area contributed by atoms with Gasteiger partial charge in [0.25, 0.3) is 0 Å². The monoisotopic (exact) mass is 342 g/mol. The highest BCUT2D eigenvalue weighted by Crippen LogP contribution is 2.29. The van der Waals surface area contributed by atoms with Crippen molar-refractivity contribution in [3.63, 3.8) is 0 Å². The Kier molecular flexibility index (Phi) is 6.98. The van der Waals surface area contributed by atoms with Crippen molar-refractivity contribution in [3.8, 4) is 11.5 Å². The first kappa shape index (κ1) is 18.5. The summed E-state index contributed by atoms with van der Waals surface area (Å²) in [5.74, 6) is 0.272. The second-order valence-corrected chi connectivity index (χ2v) is 5.66. The molecule has 132 valence electrons. The third-order valence-corrected chi connectivity index (χ3v) is 3.56. The van der Waals surface area contributed by atoms with Crippen LogP contribution < -0.4 is 10.1 Å². The molecule has 2 N–H and O–H groups in total. The van der Waals surface area contributed by atoms with Crippen LogP contribution in [0.5, 0.6) is 11.5 Å². The first-order valence-electron chi connectivity index (χ1n) is 8.06. The third kappa shape index (κ3) is 6.64. The van der Waals surface area contributed by atoms with Gasteiger partial charge in [-0.25, -0.2) is 0 Å². The first-order chi connectivity index (χ1) is 12.0. The minimum absolute atomic E-state index is 0.0614. The van der Waals surface area contributed by atoms with Crippen LogP contribution in [0.15, 0.2) is 54.6 Å². The van der Waals surface area contributed by atoms with E-state index in [1.54, 1.807) is 19.2 Å². The number of hydrogen-bond donors (Lipinski definition) is 2. The molecule has 0 saturated heterocycles. The van der Waals surface area contributed by atoms with Crippen molar-refractivity contribution in [2.24, 2.45) is 0 Å². The molecular formula is C19H22N2O4. The van der Waals surface area contributed by atoms with Crippen LogP contribution in [0.1, 0.15) is 12.8 Å². The molecule has 1 amide bonds. The number of nitrogens with one attached hydrogen (secondary N) is 1. The van der Waals surface area contributed by atoms with Gasteiger partial charge in [0.2, 0.25) is 5.91 Å². The molecule has 0 atom stereocenters. The molecule has 2 aromatic rings. The number of aliphatic carboxylic acids is 1. The number of carbonyl (C=O) groups is 2. The van der Waals surface area contributed by atoms with Gasteiger partial charge in [0.05, 0.1) is 12.1 Å². The molecule has 2 rings (SSSR count). The topological polar surface area (TPSA) is 78.9 Å². The number of carbonyl (C=O) groups excluding carboxylic acids is 1. The molecule has 0 radical (unpaired) electrons. The lowest BCUT2D eigenvalue weighted by atomic mass is 10.2. The Morgan fingerprint density at radius 2 is 1.64 bits per heavy atom. The maximum Gasteiger partial charge on any atom is 0.304 e. The van der Waals surface area contributed by atoms with Crippen LogP contribution in [0.4, 0.5) is 5.69 Å². The van der Waals surface area contributed by atoms with Crippen molar-refractivity contribution in [1.82, 2.24) is 4.90 Å². The van der Waals surface area contributed by atoms with E-state index in [-0.39, 0.29) is 18.7 Å². The molecule has 0 aliphatic rings. The summed E-state index contributed by atoms with van der Waals surface area (Å²) in [6, 6.07) is 16.6. The average Bonchev–Trinajstić information content (AvgIpc) is 2.61. The van der Waals surface area contributed by atoms with Crippen molar-refractivity contribution in [2.45, 2.75) is 12.8 Å². The molecule has 6 heteroatoms. The van der Waals surface area contributed by atoms with Crippen LogP contribution in [0.3, 0.4) is 0 Å². The molecule has 6 nitrogen and oxygen atoms in total. The van der Waals surface area contributed by atoms with Gasteiger partial charge >= 0.3 is 5.97 Å². The number of hydrogen-bond acceptors (Lipinski definition) is 4. The van der Waals surface area contributed by atoms with E-state index < -0.39 is 5.97 Å². The van der Waals surface area contributed by atoms with E-state index in [9.17, 15) is 9.59 Å². The van der Waals surface area contributed by atoms with Crippen LogP contribution in [0.2, 0.25) is 0 Å². The molecule has 0 spiro atoms. The number of benzene rings is 2. The molecule has 0 saturated carbocycles. The summed E-state index contributed by atoms with van der Waals surface area (Å²) in [6.45, 7) is 0.900. The summed E-state index contributed by atoms with van der Waals surface area (Å²) in [4.78, 5) is 24.5. The molecule has 0 aromatic heterocycles. The summed E-state index contributed by atoms with van der Waals surface area (Å²) >= 11 is 0. The van der Waals surface area contributed by atoms with Gasteiger partial charge < -0.3 is 20.1 Å². The van der Waals surface area contributed by atoms with Crippen LogP contribution in [-0.4, -0.2) is 42.0 Å². The number of anilines is 1. The number of amides is 1. The predicted molar refractivity (Wildman–Crippen MR) is 96.0 cm³/mol. The van der Waals surface area contributed by atoms with Gasteiger partial charge in [-0.15, -0.1) is 0 Å². The number of ether oxygens (including phenoxy) is 1. The highest BCUT2D eigenvalue weighted by atomic mass is 16.5. The summed E-state index contributed by atoms with van der Waals surface area (Å²) in [5, 5.41) is 11.5. The predicted octanol–water partition coefficient (Wildman–Crippen LogP) is 3.21. The SMILES string of the molecule is CN(CCC(=O)O)CCC(=O)Nc1ccccc1Oc1ccccc1. The lowest BCUT2D eigenvalue weighted by molar-refractivity contribution is -0.137. The molecule has 2 aromatic carbocycles. The van der Waals surface area contributed by atoms with Crippen LogP contribution in [0.25, 0.3) is 0 Å². The smallest absolute Gasteiger partial charge is 0.304 e. The zero-order valence-corrected chi connectivity index (χ0v) is 14.1. The molecule has 0 aliphatic carbocycles. The van der Waals surface area contributed by atoms with E-state index in [2.05, 4.69) is 5.32 Å². The Balaban J connectivity index is 1.89. The van der Waals surface area contributed by atoms with Gasteiger partial charge in [0.1, 0.15) is 5.75 Å². The fourth-order valence-electron chi connectivity index (χ4n) is 2.18. The molecule has 0 bridgehead atoms. The standard InChI is InChI=1S/C19H22N2O4/c1-21(14-12-19(23)24)13-11-18(22)20-16-9-5-6-10-17(16)25-15-7-3-2-4-8-15/h2-10H,11-14H2,1H3,(H,20,22)(H,23,24). The maximum absolute atomic E-state index is 12.2. The lowest BCUT2D eigenvalue weighted by Gasteiger charge is -2.16. The number of carboxylic acid groups (broad SMARTS) is 1. The van der Waals surface area contributed by atoms with E-state index in [0.717, 1.165) is 0 Å². The zero-order valence-electron chi connectivity index (χ0n) is 14.1. The fraction of sp³-hybridized carbons (Fsp3) is 0.263. The first-order valence-corrected chi connectivity index (χ1v) is 8.06. The van der Waals surface area contributed by atoms with E-state index >= 15 is 0 Å². The number of carboxylic acids is 1. The lowest BCUT2D eigenvalue weighted by Crippen LogP contribution is -2.26. The summed E-state index contributed by atoms with van der Waals surface area (Å²) in [5.41, 5.74) is 0.601. The quantitative estimate of drug-likeness (QED) is 0.731. The second kappa shape index (κ2) is 9.44. The van der Waals surface area contributed by atoms with Gasteiger partial charge in [0, 0.05) is 19.5 Å². The Hall–Kier alpha value is -2.86.